The predicted molar refractivity (Wildman–Crippen MR) is 98.5 cm³/mol. The Morgan fingerprint density at radius 1 is 1.04 bits per heavy atom. The third-order valence-corrected chi connectivity index (χ3v) is 4.47. The first-order valence-corrected chi connectivity index (χ1v) is 8.63. The van der Waals surface area contributed by atoms with Gasteiger partial charge in [0.25, 0.3) is 0 Å². The highest BCUT2D eigenvalue weighted by Gasteiger charge is 2.20. The zero-order valence-corrected chi connectivity index (χ0v) is 14.3. The molecule has 5 heteroatoms. The van der Waals surface area contributed by atoms with Gasteiger partial charge >= 0.3 is 0 Å². The quantitative estimate of drug-likeness (QED) is 0.732. The van der Waals surface area contributed by atoms with Crippen LogP contribution in [0.5, 0.6) is 5.75 Å². The summed E-state index contributed by atoms with van der Waals surface area (Å²) in [5.41, 5.74) is 3.99. The molecule has 0 N–H and O–H groups in total. The molecular formula is C21H19N3O2. The zero-order chi connectivity index (χ0) is 17.8. The minimum Gasteiger partial charge on any atom is -0.491 e. The lowest BCUT2D eigenvalue weighted by Gasteiger charge is -2.20. The lowest BCUT2D eigenvalue weighted by atomic mass is 10.0. The van der Waals surface area contributed by atoms with Gasteiger partial charge in [0.15, 0.2) is 0 Å². The molecule has 130 valence electrons. The fourth-order valence-corrected chi connectivity index (χ4v) is 3.10. The minimum absolute atomic E-state index is 0.0643. The van der Waals surface area contributed by atoms with E-state index in [1.807, 2.05) is 47.4 Å². The van der Waals surface area contributed by atoms with Gasteiger partial charge in [-0.15, -0.1) is 0 Å². The summed E-state index contributed by atoms with van der Waals surface area (Å²) in [4.78, 5) is 22.9. The monoisotopic (exact) mass is 345 g/mol. The van der Waals surface area contributed by atoms with Gasteiger partial charge in [-0.1, -0.05) is 12.1 Å². The van der Waals surface area contributed by atoms with E-state index in [-0.39, 0.29) is 5.91 Å². The molecule has 3 aromatic rings. The Hall–Kier alpha value is -3.21. The largest absolute Gasteiger partial charge is 0.491 e. The molecule has 0 aliphatic carbocycles. The number of amides is 1. The number of benzene rings is 1. The Morgan fingerprint density at radius 3 is 2.73 bits per heavy atom. The Kier molecular flexibility index (Phi) is 4.60. The van der Waals surface area contributed by atoms with Crippen LogP contribution in [-0.2, 0) is 17.8 Å². The van der Waals surface area contributed by atoms with Gasteiger partial charge in [0.1, 0.15) is 12.4 Å². The van der Waals surface area contributed by atoms with E-state index in [0.29, 0.717) is 26.1 Å². The molecule has 0 radical (unpaired) electrons. The van der Waals surface area contributed by atoms with E-state index in [1.54, 1.807) is 18.6 Å². The molecule has 0 spiro atoms. The third kappa shape index (κ3) is 3.57. The van der Waals surface area contributed by atoms with Gasteiger partial charge in [-0.3, -0.25) is 14.8 Å². The summed E-state index contributed by atoms with van der Waals surface area (Å²) in [5.74, 6) is 0.908. The van der Waals surface area contributed by atoms with E-state index in [0.717, 1.165) is 28.1 Å². The van der Waals surface area contributed by atoms with Crippen LogP contribution in [0.4, 0.5) is 0 Å². The second-order valence-electron chi connectivity index (χ2n) is 6.22. The average Bonchev–Trinajstić information content (AvgIpc) is 2.91. The number of aromatic nitrogens is 2. The number of nitrogens with zero attached hydrogens (tertiary/aromatic N) is 3. The Labute approximate surface area is 152 Å². The maximum Gasteiger partial charge on any atom is 0.229 e. The van der Waals surface area contributed by atoms with Crippen LogP contribution in [0.3, 0.4) is 0 Å². The fourth-order valence-electron chi connectivity index (χ4n) is 3.10. The summed E-state index contributed by atoms with van der Waals surface area (Å²) in [6, 6.07) is 15.7. The number of hydrogen-bond donors (Lipinski definition) is 0. The summed E-state index contributed by atoms with van der Waals surface area (Å²) >= 11 is 0. The van der Waals surface area contributed by atoms with E-state index >= 15 is 0 Å². The summed E-state index contributed by atoms with van der Waals surface area (Å²) in [6.07, 6.45) is 5.57. The Balaban J connectivity index is 1.56. The van der Waals surface area contributed by atoms with Crippen molar-refractivity contribution in [2.24, 2.45) is 0 Å². The number of pyridine rings is 2. The van der Waals surface area contributed by atoms with Crippen molar-refractivity contribution in [2.75, 3.05) is 13.2 Å². The first kappa shape index (κ1) is 16.3. The predicted octanol–water partition coefficient (Wildman–Crippen LogP) is 3.11. The number of fused-ring (bicyclic) bond motifs is 1. The molecule has 26 heavy (non-hydrogen) atoms. The number of hydrogen-bond acceptors (Lipinski definition) is 4. The van der Waals surface area contributed by atoms with Gasteiger partial charge in [0, 0.05) is 36.4 Å². The maximum atomic E-state index is 12.7. The SMILES string of the molecule is O=C(Cc1ccccn1)N1CCOc2ccc(-c3ccncc3)cc2C1. The summed E-state index contributed by atoms with van der Waals surface area (Å²) in [6.45, 7) is 1.61. The van der Waals surface area contributed by atoms with Crippen molar-refractivity contribution in [1.29, 1.82) is 0 Å². The van der Waals surface area contributed by atoms with Crippen molar-refractivity contribution in [3.8, 4) is 16.9 Å². The van der Waals surface area contributed by atoms with Gasteiger partial charge in [-0.2, -0.15) is 0 Å². The highest BCUT2D eigenvalue weighted by Crippen LogP contribution is 2.29. The molecule has 0 bridgehead atoms. The van der Waals surface area contributed by atoms with E-state index in [4.69, 9.17) is 4.74 Å². The van der Waals surface area contributed by atoms with Gasteiger partial charge in [0.05, 0.1) is 13.0 Å². The van der Waals surface area contributed by atoms with Crippen LogP contribution in [0, 0.1) is 0 Å². The molecule has 1 aliphatic rings. The Bertz CT molecular complexity index is 898. The molecule has 0 saturated heterocycles. The number of rotatable bonds is 3. The zero-order valence-electron chi connectivity index (χ0n) is 14.3. The minimum atomic E-state index is 0.0643. The molecule has 0 atom stereocenters. The van der Waals surface area contributed by atoms with Crippen molar-refractivity contribution in [3.05, 3.63) is 78.4 Å². The van der Waals surface area contributed by atoms with E-state index in [9.17, 15) is 4.79 Å². The van der Waals surface area contributed by atoms with Gasteiger partial charge < -0.3 is 9.64 Å². The highest BCUT2D eigenvalue weighted by molar-refractivity contribution is 5.78. The third-order valence-electron chi connectivity index (χ3n) is 4.47. The van der Waals surface area contributed by atoms with Crippen molar-refractivity contribution in [3.63, 3.8) is 0 Å². The van der Waals surface area contributed by atoms with Crippen molar-refractivity contribution < 1.29 is 9.53 Å². The van der Waals surface area contributed by atoms with Crippen LogP contribution in [-0.4, -0.2) is 33.9 Å². The second-order valence-corrected chi connectivity index (χ2v) is 6.22. The smallest absolute Gasteiger partial charge is 0.229 e. The van der Waals surface area contributed by atoms with Gasteiger partial charge in [0.2, 0.25) is 5.91 Å². The number of carbonyl (C=O) groups excluding carboxylic acids is 1. The van der Waals surface area contributed by atoms with Crippen molar-refractivity contribution in [2.45, 2.75) is 13.0 Å². The summed E-state index contributed by atoms with van der Waals surface area (Å²) < 4.78 is 5.85. The Morgan fingerprint density at radius 2 is 1.92 bits per heavy atom. The van der Waals surface area contributed by atoms with Crippen LogP contribution in [0.1, 0.15) is 11.3 Å². The molecule has 2 aromatic heterocycles. The van der Waals surface area contributed by atoms with Crippen molar-refractivity contribution in [1.82, 2.24) is 14.9 Å². The molecule has 0 unspecified atom stereocenters. The molecule has 1 aromatic carbocycles. The van der Waals surface area contributed by atoms with E-state index in [1.165, 1.54) is 0 Å². The number of carbonyl (C=O) groups is 1. The standard InChI is InChI=1S/C21H19N3O2/c25-21(14-19-3-1-2-8-23-19)24-11-12-26-20-5-4-17(13-18(20)15-24)16-6-9-22-10-7-16/h1-10,13H,11-12,14-15H2. The molecule has 0 fully saturated rings. The maximum absolute atomic E-state index is 12.7. The molecule has 4 rings (SSSR count). The second kappa shape index (κ2) is 7.35. The molecular weight excluding hydrogens is 326 g/mol. The molecule has 0 saturated carbocycles. The van der Waals surface area contributed by atoms with E-state index in [2.05, 4.69) is 16.0 Å². The van der Waals surface area contributed by atoms with Crippen molar-refractivity contribution >= 4 is 5.91 Å². The van der Waals surface area contributed by atoms with E-state index < -0.39 is 0 Å². The van der Waals surface area contributed by atoms with Crippen LogP contribution in [0.2, 0.25) is 0 Å². The molecule has 5 nitrogen and oxygen atoms in total. The summed E-state index contributed by atoms with van der Waals surface area (Å²) in [5, 5.41) is 0. The first-order valence-electron chi connectivity index (χ1n) is 8.63. The molecule has 1 amide bonds. The highest BCUT2D eigenvalue weighted by atomic mass is 16.5. The van der Waals surface area contributed by atoms with Crippen LogP contribution in [0.15, 0.2) is 67.1 Å². The molecule has 1 aliphatic heterocycles. The van der Waals surface area contributed by atoms with Gasteiger partial charge in [-0.25, -0.2) is 0 Å². The lowest BCUT2D eigenvalue weighted by molar-refractivity contribution is -0.131. The first-order chi connectivity index (χ1) is 12.8. The van der Waals surface area contributed by atoms with Crippen LogP contribution < -0.4 is 4.74 Å². The normalized spacial score (nSPS) is 13.5. The lowest BCUT2D eigenvalue weighted by Crippen LogP contribution is -2.33. The fraction of sp³-hybridized carbons (Fsp3) is 0.190. The number of ether oxygens (including phenoxy) is 1. The van der Waals surface area contributed by atoms with Crippen LogP contribution >= 0.6 is 0 Å². The van der Waals surface area contributed by atoms with Gasteiger partial charge in [-0.05, 0) is 47.5 Å². The topological polar surface area (TPSA) is 55.3 Å². The summed E-state index contributed by atoms with van der Waals surface area (Å²) in [7, 11) is 0. The average molecular weight is 345 g/mol. The van der Waals surface area contributed by atoms with Crippen LogP contribution in [0.25, 0.3) is 11.1 Å². The molecule has 3 heterocycles.